The number of aliphatic hydroxyl groups excluding tert-OH is 1. The van der Waals surface area contributed by atoms with Gasteiger partial charge in [0.2, 0.25) is 0 Å². The zero-order chi connectivity index (χ0) is 20.5. The van der Waals surface area contributed by atoms with Crippen LogP contribution in [0.2, 0.25) is 0 Å². The molecule has 0 spiro atoms. The predicted molar refractivity (Wildman–Crippen MR) is 111 cm³/mol. The summed E-state index contributed by atoms with van der Waals surface area (Å²) in [6, 6.07) is 17.5. The Bertz CT molecular complexity index is 588. The molecule has 0 aliphatic heterocycles. The summed E-state index contributed by atoms with van der Waals surface area (Å²) in [6.45, 7) is 10.00. The topological polar surface area (TPSA) is 66.8 Å². The van der Waals surface area contributed by atoms with Crippen molar-refractivity contribution in [2.45, 2.75) is 52.7 Å². The van der Waals surface area contributed by atoms with Crippen molar-refractivity contribution in [1.29, 1.82) is 0 Å². The number of carboxylic acids is 1. The Morgan fingerprint density at radius 1 is 1.04 bits per heavy atom. The molecule has 0 aliphatic carbocycles. The molecular weight excluding hydrogens is 363 g/mol. The number of benzene rings is 2. The van der Waals surface area contributed by atoms with Crippen LogP contribution in [0.1, 0.15) is 56.8 Å². The van der Waals surface area contributed by atoms with Gasteiger partial charge in [0.05, 0.1) is 5.56 Å². The van der Waals surface area contributed by atoms with Crippen molar-refractivity contribution < 1.29 is 49.3 Å². The first kappa shape index (κ1) is 28.9. The van der Waals surface area contributed by atoms with Crippen LogP contribution in [-0.4, -0.2) is 22.5 Å². The Kier molecular flexibility index (Phi) is 19.6. The number of carboxylic acid groups (broad SMARTS) is 1. The van der Waals surface area contributed by atoms with E-state index < -0.39 is 12.3 Å². The summed E-state index contributed by atoms with van der Waals surface area (Å²) < 4.78 is 4.97. The van der Waals surface area contributed by atoms with E-state index in [-0.39, 0.29) is 29.6 Å². The van der Waals surface area contributed by atoms with Gasteiger partial charge in [-0.15, -0.1) is 0 Å². The van der Waals surface area contributed by atoms with E-state index in [0.717, 1.165) is 0 Å². The molecule has 4 nitrogen and oxygen atoms in total. The first-order valence-corrected chi connectivity index (χ1v) is 9.41. The first-order chi connectivity index (χ1) is 12.9. The minimum Gasteiger partial charge on any atom is -0.478 e. The summed E-state index contributed by atoms with van der Waals surface area (Å²) >= 11 is 0. The average Bonchev–Trinajstić information content (AvgIpc) is 2.68. The smallest absolute Gasteiger partial charge is 0.478 e. The second kappa shape index (κ2) is 19.0. The minimum absolute atomic E-state index is 0. The Labute approximate surface area is 192 Å². The monoisotopic (exact) mass is 396 g/mol. The minimum atomic E-state index is -0.879. The molecule has 2 atom stereocenters. The summed E-state index contributed by atoms with van der Waals surface area (Å²) in [6.07, 6.45) is 4.48. The molecule has 28 heavy (non-hydrogen) atoms. The Morgan fingerprint density at radius 3 is 1.89 bits per heavy atom. The summed E-state index contributed by atoms with van der Waals surface area (Å²) in [7, 11) is 0. The van der Waals surface area contributed by atoms with Crippen molar-refractivity contribution in [2.24, 2.45) is 5.92 Å². The summed E-state index contributed by atoms with van der Waals surface area (Å²) in [5.74, 6) is 0.517. The molecule has 2 unspecified atom stereocenters. The summed E-state index contributed by atoms with van der Waals surface area (Å²) in [4.78, 5) is 10.2. The standard InChI is InChI=1S/C8H10O2.C8H17.C7H6O2.Na/c1-7(9)10-8-5-3-2-4-6-8;1-4-6-7-8(3)5-2;8-7(9)6-4-2-1-3-5-6;/h2-7,9H,1H3;8H,3-7H2,1-2H3;1-5H,(H,8,9);/q;-1;;+1. The van der Waals surface area contributed by atoms with Gasteiger partial charge in [0, 0.05) is 0 Å². The summed E-state index contributed by atoms with van der Waals surface area (Å²) in [5.41, 5.74) is 0.331. The van der Waals surface area contributed by atoms with Crippen LogP contribution in [0, 0.1) is 12.8 Å². The molecule has 150 valence electrons. The molecule has 0 aliphatic rings. The third kappa shape index (κ3) is 16.8. The number of hydrogen-bond donors (Lipinski definition) is 2. The molecular formula is C23H33NaO4. The van der Waals surface area contributed by atoms with E-state index >= 15 is 0 Å². The second-order valence-corrected chi connectivity index (χ2v) is 6.12. The molecule has 2 N–H and O–H groups in total. The van der Waals surface area contributed by atoms with Crippen LogP contribution in [0.3, 0.4) is 0 Å². The van der Waals surface area contributed by atoms with E-state index in [0.29, 0.717) is 17.2 Å². The van der Waals surface area contributed by atoms with Crippen molar-refractivity contribution in [3.05, 3.63) is 73.2 Å². The third-order valence-corrected chi connectivity index (χ3v) is 3.61. The SMILES string of the molecule is CC(O)Oc1ccccc1.O=C(O)c1ccccc1.[CH2-]C(CC)CCCC.[Na+]. The average molecular weight is 397 g/mol. The van der Waals surface area contributed by atoms with Gasteiger partial charge in [0.15, 0.2) is 6.29 Å². The summed E-state index contributed by atoms with van der Waals surface area (Å²) in [5, 5.41) is 17.2. The quantitative estimate of drug-likeness (QED) is 0.429. The fourth-order valence-electron chi connectivity index (χ4n) is 1.97. The molecule has 0 amide bonds. The molecule has 2 aromatic carbocycles. The van der Waals surface area contributed by atoms with Crippen molar-refractivity contribution >= 4 is 5.97 Å². The number of hydrogen-bond acceptors (Lipinski definition) is 3. The van der Waals surface area contributed by atoms with Gasteiger partial charge in [-0.05, 0) is 31.2 Å². The third-order valence-electron chi connectivity index (χ3n) is 3.61. The zero-order valence-electron chi connectivity index (χ0n) is 17.7. The molecule has 2 aromatic rings. The van der Waals surface area contributed by atoms with E-state index in [9.17, 15) is 4.79 Å². The van der Waals surface area contributed by atoms with Crippen molar-refractivity contribution in [3.63, 3.8) is 0 Å². The van der Waals surface area contributed by atoms with E-state index in [1.807, 2.05) is 18.2 Å². The van der Waals surface area contributed by atoms with Gasteiger partial charge in [-0.3, -0.25) is 0 Å². The normalized spacial score (nSPS) is 11.3. The first-order valence-electron chi connectivity index (χ1n) is 9.41. The predicted octanol–water partition coefficient (Wildman–Crippen LogP) is 2.83. The number of aliphatic hydroxyl groups is 1. The maximum atomic E-state index is 10.2. The fraction of sp³-hybridized carbons (Fsp3) is 0.391. The van der Waals surface area contributed by atoms with E-state index in [1.165, 1.54) is 25.7 Å². The van der Waals surface area contributed by atoms with Gasteiger partial charge in [-0.1, -0.05) is 75.9 Å². The molecule has 0 saturated carbocycles. The Hall–Kier alpha value is -1.33. The molecule has 0 fully saturated rings. The Morgan fingerprint density at radius 2 is 1.54 bits per heavy atom. The van der Waals surface area contributed by atoms with E-state index in [4.69, 9.17) is 14.9 Å². The van der Waals surface area contributed by atoms with Crippen LogP contribution in [0.4, 0.5) is 0 Å². The van der Waals surface area contributed by atoms with Gasteiger partial charge in [-0.25, -0.2) is 4.79 Å². The van der Waals surface area contributed by atoms with Gasteiger partial charge >= 0.3 is 35.5 Å². The Balaban J connectivity index is 0. The van der Waals surface area contributed by atoms with E-state index in [2.05, 4.69) is 20.8 Å². The molecule has 0 aromatic heterocycles. The molecule has 2 rings (SSSR count). The molecule has 5 heteroatoms. The van der Waals surface area contributed by atoms with Crippen LogP contribution in [-0.2, 0) is 0 Å². The van der Waals surface area contributed by atoms with Crippen molar-refractivity contribution in [1.82, 2.24) is 0 Å². The molecule has 0 bridgehead atoms. The molecule has 0 heterocycles. The van der Waals surface area contributed by atoms with Crippen LogP contribution < -0.4 is 34.3 Å². The maximum Gasteiger partial charge on any atom is 1.00 e. The van der Waals surface area contributed by atoms with Gasteiger partial charge in [-0.2, -0.15) is 5.92 Å². The van der Waals surface area contributed by atoms with Crippen LogP contribution in [0.25, 0.3) is 0 Å². The van der Waals surface area contributed by atoms with Gasteiger partial charge < -0.3 is 21.9 Å². The van der Waals surface area contributed by atoms with Gasteiger partial charge in [0.25, 0.3) is 0 Å². The number of para-hydroxylation sites is 1. The maximum absolute atomic E-state index is 10.2. The van der Waals surface area contributed by atoms with Crippen molar-refractivity contribution in [3.8, 4) is 5.75 Å². The second-order valence-electron chi connectivity index (χ2n) is 6.12. The van der Waals surface area contributed by atoms with Crippen LogP contribution >= 0.6 is 0 Å². The number of unbranched alkanes of at least 4 members (excludes halogenated alkanes) is 1. The van der Waals surface area contributed by atoms with Gasteiger partial charge in [0.1, 0.15) is 5.75 Å². The number of ether oxygens (including phenoxy) is 1. The van der Waals surface area contributed by atoms with Crippen molar-refractivity contribution in [2.75, 3.05) is 0 Å². The molecule has 0 saturated heterocycles. The van der Waals surface area contributed by atoms with Crippen LogP contribution in [0.5, 0.6) is 5.75 Å². The zero-order valence-corrected chi connectivity index (χ0v) is 19.7. The molecule has 0 radical (unpaired) electrons. The number of carbonyl (C=O) groups is 1. The number of aromatic carboxylic acids is 1. The van der Waals surface area contributed by atoms with E-state index in [1.54, 1.807) is 49.4 Å². The fourth-order valence-corrected chi connectivity index (χ4v) is 1.97. The number of rotatable bonds is 7. The van der Waals surface area contributed by atoms with Crippen LogP contribution in [0.15, 0.2) is 60.7 Å². The largest absolute Gasteiger partial charge is 1.00 e.